The lowest BCUT2D eigenvalue weighted by Crippen LogP contribution is -2.13. The van der Waals surface area contributed by atoms with Gasteiger partial charge in [-0.2, -0.15) is 0 Å². The maximum Gasteiger partial charge on any atom is 0.122 e. The predicted octanol–water partition coefficient (Wildman–Crippen LogP) is 5.42. The summed E-state index contributed by atoms with van der Waals surface area (Å²) >= 11 is 0. The van der Waals surface area contributed by atoms with Crippen molar-refractivity contribution >= 4 is 0 Å². The number of phenolic OH excluding ortho intramolecular Hbond substituents is 2. The molecule has 0 aliphatic heterocycles. The Hall–Kier alpha value is -1.96. The molecule has 0 amide bonds. The summed E-state index contributed by atoms with van der Waals surface area (Å²) in [5.41, 5.74) is 5.95. The summed E-state index contributed by atoms with van der Waals surface area (Å²) in [5, 5.41) is 21.3. The molecule has 0 aromatic heterocycles. The van der Waals surface area contributed by atoms with Crippen molar-refractivity contribution < 1.29 is 10.2 Å². The molecule has 2 N–H and O–H groups in total. The largest absolute Gasteiger partial charge is 0.507 e. The minimum atomic E-state index is -0.118. The highest BCUT2D eigenvalue weighted by molar-refractivity contribution is 5.52. The van der Waals surface area contributed by atoms with Gasteiger partial charge >= 0.3 is 0 Å². The second-order valence-corrected chi connectivity index (χ2v) is 7.71. The van der Waals surface area contributed by atoms with Crippen molar-refractivity contribution in [2.24, 2.45) is 0 Å². The van der Waals surface area contributed by atoms with E-state index in [1.807, 2.05) is 13.0 Å². The third-order valence-electron chi connectivity index (χ3n) is 4.69. The Bertz CT molecular complexity index is 737. The molecule has 0 atom stereocenters. The van der Waals surface area contributed by atoms with E-state index in [2.05, 4.69) is 52.8 Å². The highest BCUT2D eigenvalue weighted by Crippen LogP contribution is 2.37. The third-order valence-corrected chi connectivity index (χ3v) is 4.69. The first-order valence-electron chi connectivity index (χ1n) is 8.84. The van der Waals surface area contributed by atoms with Crippen molar-refractivity contribution in [3.05, 3.63) is 57.6 Å². The van der Waals surface area contributed by atoms with E-state index >= 15 is 0 Å². The van der Waals surface area contributed by atoms with Gasteiger partial charge < -0.3 is 10.2 Å². The third kappa shape index (κ3) is 3.75. The van der Waals surface area contributed by atoms with Gasteiger partial charge in [0.1, 0.15) is 11.5 Å². The normalized spacial score (nSPS) is 11.8. The number of phenols is 2. The van der Waals surface area contributed by atoms with Gasteiger partial charge in [-0.3, -0.25) is 0 Å². The first-order valence-corrected chi connectivity index (χ1v) is 8.84. The summed E-state index contributed by atoms with van der Waals surface area (Å²) in [6, 6.07) is 8.25. The number of benzene rings is 2. The van der Waals surface area contributed by atoms with Gasteiger partial charge in [-0.15, -0.1) is 0 Å². The van der Waals surface area contributed by atoms with Crippen LogP contribution >= 0.6 is 0 Å². The van der Waals surface area contributed by atoms with Crippen LogP contribution in [-0.2, 0) is 24.7 Å². The minimum absolute atomic E-state index is 0.118. The summed E-state index contributed by atoms with van der Waals surface area (Å²) in [5.74, 6) is 0.699. The molecule has 0 radical (unpaired) electrons. The first kappa shape index (κ1) is 18.4. The van der Waals surface area contributed by atoms with Gasteiger partial charge in [0, 0.05) is 6.42 Å². The molecule has 0 fully saturated rings. The van der Waals surface area contributed by atoms with E-state index in [1.54, 1.807) is 0 Å². The lowest BCUT2D eigenvalue weighted by molar-refractivity contribution is 0.439. The van der Waals surface area contributed by atoms with Crippen LogP contribution in [0.3, 0.4) is 0 Å². The molecule has 0 saturated heterocycles. The molecule has 0 saturated carbocycles. The zero-order chi connectivity index (χ0) is 18.1. The second kappa shape index (κ2) is 6.88. The van der Waals surface area contributed by atoms with Crippen LogP contribution in [0.4, 0.5) is 0 Å². The molecule has 130 valence electrons. The van der Waals surface area contributed by atoms with Crippen molar-refractivity contribution in [1.29, 1.82) is 0 Å². The van der Waals surface area contributed by atoms with Crippen molar-refractivity contribution in [1.82, 2.24) is 0 Å². The number of rotatable bonds is 4. The van der Waals surface area contributed by atoms with Gasteiger partial charge in [-0.25, -0.2) is 0 Å². The topological polar surface area (TPSA) is 40.5 Å². The van der Waals surface area contributed by atoms with Crippen LogP contribution in [0.2, 0.25) is 0 Å². The van der Waals surface area contributed by atoms with Crippen LogP contribution in [0.1, 0.15) is 68.0 Å². The predicted molar refractivity (Wildman–Crippen MR) is 101 cm³/mol. The van der Waals surface area contributed by atoms with Crippen LogP contribution in [0.15, 0.2) is 24.3 Å². The molecule has 0 bridgehead atoms. The Morgan fingerprint density at radius 1 is 0.792 bits per heavy atom. The molecule has 0 spiro atoms. The van der Waals surface area contributed by atoms with Gasteiger partial charge in [0.25, 0.3) is 0 Å². The monoisotopic (exact) mass is 326 g/mol. The standard InChI is InChI=1S/C22H30O2/c1-7-15-9-14(3)20(23)17(10-15)13-18-11-16(8-2)12-19(21(18)24)22(4,5)6/h9-12,23-24H,7-8,13H2,1-6H3. The zero-order valence-electron chi connectivity index (χ0n) is 15.8. The summed E-state index contributed by atoms with van der Waals surface area (Å²) in [6.07, 6.45) is 2.40. The fourth-order valence-electron chi connectivity index (χ4n) is 3.15. The van der Waals surface area contributed by atoms with Crippen molar-refractivity contribution in [3.8, 4) is 11.5 Å². The SMILES string of the molecule is CCc1cc(C)c(O)c(Cc2cc(CC)cc(C(C)(C)C)c2O)c1. The summed E-state index contributed by atoms with van der Waals surface area (Å²) < 4.78 is 0. The van der Waals surface area contributed by atoms with Gasteiger partial charge in [0.15, 0.2) is 0 Å². The highest BCUT2D eigenvalue weighted by Gasteiger charge is 2.22. The number of aromatic hydroxyl groups is 2. The van der Waals surface area contributed by atoms with E-state index < -0.39 is 0 Å². The van der Waals surface area contributed by atoms with E-state index in [0.29, 0.717) is 17.9 Å². The van der Waals surface area contributed by atoms with E-state index in [9.17, 15) is 10.2 Å². The highest BCUT2D eigenvalue weighted by atomic mass is 16.3. The van der Waals surface area contributed by atoms with Crippen molar-refractivity contribution in [2.75, 3.05) is 0 Å². The van der Waals surface area contributed by atoms with Crippen LogP contribution in [0, 0.1) is 6.92 Å². The molecular weight excluding hydrogens is 296 g/mol. The number of hydrogen-bond acceptors (Lipinski definition) is 2. The zero-order valence-corrected chi connectivity index (χ0v) is 15.8. The van der Waals surface area contributed by atoms with Gasteiger partial charge in [-0.05, 0) is 58.6 Å². The quantitative estimate of drug-likeness (QED) is 0.787. The number of aryl methyl sites for hydroxylation is 3. The molecule has 0 aliphatic carbocycles. The molecule has 24 heavy (non-hydrogen) atoms. The average molecular weight is 326 g/mol. The molecule has 0 aliphatic rings. The molecule has 2 aromatic carbocycles. The van der Waals surface area contributed by atoms with E-state index in [0.717, 1.165) is 35.1 Å². The van der Waals surface area contributed by atoms with Gasteiger partial charge in [0.2, 0.25) is 0 Å². The van der Waals surface area contributed by atoms with Crippen LogP contribution < -0.4 is 0 Å². The van der Waals surface area contributed by atoms with Crippen LogP contribution in [0.5, 0.6) is 11.5 Å². The van der Waals surface area contributed by atoms with Crippen molar-refractivity contribution in [3.63, 3.8) is 0 Å². The summed E-state index contributed by atoms with van der Waals surface area (Å²) in [4.78, 5) is 0. The van der Waals surface area contributed by atoms with E-state index in [1.165, 1.54) is 11.1 Å². The van der Waals surface area contributed by atoms with Crippen LogP contribution in [0.25, 0.3) is 0 Å². The second-order valence-electron chi connectivity index (χ2n) is 7.71. The first-order chi connectivity index (χ1) is 11.2. The van der Waals surface area contributed by atoms with E-state index in [-0.39, 0.29) is 5.41 Å². The Labute approximate surface area is 146 Å². The Balaban J connectivity index is 2.56. The maximum atomic E-state index is 10.8. The minimum Gasteiger partial charge on any atom is -0.507 e. The molecule has 2 aromatic rings. The fourth-order valence-corrected chi connectivity index (χ4v) is 3.15. The number of hydrogen-bond donors (Lipinski definition) is 2. The molecule has 0 heterocycles. The molecule has 0 unspecified atom stereocenters. The van der Waals surface area contributed by atoms with E-state index in [4.69, 9.17) is 0 Å². The Kier molecular flexibility index (Phi) is 5.27. The van der Waals surface area contributed by atoms with Crippen molar-refractivity contribution in [2.45, 2.75) is 66.2 Å². The molecule has 2 nitrogen and oxygen atoms in total. The molecule has 2 rings (SSSR count). The Morgan fingerprint density at radius 3 is 1.79 bits per heavy atom. The summed E-state index contributed by atoms with van der Waals surface area (Å²) in [6.45, 7) is 12.5. The maximum absolute atomic E-state index is 10.8. The van der Waals surface area contributed by atoms with Crippen LogP contribution in [-0.4, -0.2) is 10.2 Å². The smallest absolute Gasteiger partial charge is 0.122 e. The van der Waals surface area contributed by atoms with Gasteiger partial charge in [-0.1, -0.05) is 58.9 Å². The average Bonchev–Trinajstić information content (AvgIpc) is 2.52. The molecular formula is C22H30O2. The fraction of sp³-hybridized carbons (Fsp3) is 0.455. The Morgan fingerprint density at radius 2 is 1.29 bits per heavy atom. The lowest BCUT2D eigenvalue weighted by atomic mass is 9.82. The molecule has 2 heteroatoms. The van der Waals surface area contributed by atoms with Gasteiger partial charge in [0.05, 0.1) is 0 Å². The summed E-state index contributed by atoms with van der Waals surface area (Å²) in [7, 11) is 0. The lowest BCUT2D eigenvalue weighted by Gasteiger charge is -2.23.